The Morgan fingerprint density at radius 2 is 1.40 bits per heavy atom. The molecule has 0 bridgehead atoms. The minimum Gasteiger partial charge on any atom is -0.493 e. The van der Waals surface area contributed by atoms with Crippen molar-refractivity contribution in [2.75, 3.05) is 24.4 Å². The third kappa shape index (κ3) is 4.70. The third-order valence-electron chi connectivity index (χ3n) is 10.2. The van der Waals surface area contributed by atoms with Crippen LogP contribution in [-0.2, 0) is 19.7 Å². The van der Waals surface area contributed by atoms with Gasteiger partial charge in [-0.05, 0) is 52.6 Å². The summed E-state index contributed by atoms with van der Waals surface area (Å²) in [5.74, 6) is -1.76. The van der Waals surface area contributed by atoms with E-state index in [-0.39, 0.29) is 11.5 Å². The Hall–Kier alpha value is -6.15. The second kappa shape index (κ2) is 12.4. The fraction of sp³-hybridized carbons (Fsp3) is 0.167. The summed E-state index contributed by atoms with van der Waals surface area (Å²) in [7, 11) is 3.02. The fourth-order valence-corrected chi connectivity index (χ4v) is 8.03. The van der Waals surface area contributed by atoms with Crippen LogP contribution in [0.1, 0.15) is 38.7 Å². The van der Waals surface area contributed by atoms with Gasteiger partial charge in [-0.1, -0.05) is 109 Å². The molecule has 5 aromatic carbocycles. The van der Waals surface area contributed by atoms with E-state index in [1.54, 1.807) is 18.2 Å². The summed E-state index contributed by atoms with van der Waals surface area (Å²) in [5, 5.41) is 3.07. The van der Waals surface area contributed by atoms with Gasteiger partial charge in [0, 0.05) is 16.9 Å². The first kappa shape index (κ1) is 31.1. The van der Waals surface area contributed by atoms with Gasteiger partial charge in [-0.15, -0.1) is 0 Å². The van der Waals surface area contributed by atoms with Crippen molar-refractivity contribution in [3.8, 4) is 11.5 Å². The molecular weight excluding hydrogens is 628 g/mol. The number of nitrogens with zero attached hydrogens (tertiary/aromatic N) is 1. The molecule has 1 amide bonds. The number of nitrogens with one attached hydrogen (secondary N) is 1. The highest BCUT2D eigenvalue weighted by atomic mass is 16.5. The number of fused-ring (bicyclic) bond motifs is 6. The number of hydrogen-bond acceptors (Lipinski definition) is 7. The number of benzene rings is 5. The Morgan fingerprint density at radius 3 is 2.10 bits per heavy atom. The SMILES string of the molecule is COc1ccc(C(=O)[C@H]2[C@H](C(=O)OC(c3ccccc3)c3ccccc3)N3c4ccccc4C=C[C@@H]3[C@]23C(=O)Nc2ccccc23)cc1OC. The topological polar surface area (TPSA) is 94.2 Å². The second-order valence-electron chi connectivity index (χ2n) is 12.6. The van der Waals surface area contributed by atoms with Gasteiger partial charge in [-0.3, -0.25) is 9.59 Å². The van der Waals surface area contributed by atoms with E-state index in [0.29, 0.717) is 22.7 Å². The molecule has 0 aromatic heterocycles. The predicted molar refractivity (Wildman–Crippen MR) is 190 cm³/mol. The number of hydrogen-bond donors (Lipinski definition) is 1. The average molecular weight is 663 g/mol. The van der Waals surface area contributed by atoms with Crippen LogP contribution in [0.15, 0.2) is 133 Å². The predicted octanol–water partition coefficient (Wildman–Crippen LogP) is 7.01. The molecule has 8 nitrogen and oxygen atoms in total. The van der Waals surface area contributed by atoms with Crippen molar-refractivity contribution in [3.05, 3.63) is 161 Å². The molecule has 248 valence electrons. The molecule has 4 atom stereocenters. The highest BCUT2D eigenvalue weighted by molar-refractivity contribution is 6.16. The molecule has 50 heavy (non-hydrogen) atoms. The molecule has 3 aliphatic heterocycles. The summed E-state index contributed by atoms with van der Waals surface area (Å²) >= 11 is 0. The third-order valence-corrected chi connectivity index (χ3v) is 10.2. The lowest BCUT2D eigenvalue weighted by molar-refractivity contribution is -0.150. The minimum atomic E-state index is -1.48. The van der Waals surface area contributed by atoms with Crippen molar-refractivity contribution >= 4 is 35.1 Å². The first-order valence-corrected chi connectivity index (χ1v) is 16.5. The summed E-state index contributed by atoms with van der Waals surface area (Å²) in [5.41, 5.74) is 3.22. The molecule has 3 aliphatic rings. The Balaban J connectivity index is 1.36. The molecule has 1 saturated heterocycles. The maximum Gasteiger partial charge on any atom is 0.330 e. The number of Topliss-reactive ketones (excluding diaryl/α,β-unsaturated/α-hetero) is 1. The molecule has 0 saturated carbocycles. The highest BCUT2D eigenvalue weighted by Gasteiger charge is 2.71. The van der Waals surface area contributed by atoms with Crippen LogP contribution in [0.5, 0.6) is 11.5 Å². The van der Waals surface area contributed by atoms with Crippen LogP contribution in [0.3, 0.4) is 0 Å². The summed E-state index contributed by atoms with van der Waals surface area (Å²) in [6, 6.07) is 37.2. The zero-order valence-electron chi connectivity index (χ0n) is 27.5. The van der Waals surface area contributed by atoms with Crippen molar-refractivity contribution in [1.29, 1.82) is 0 Å². The van der Waals surface area contributed by atoms with E-state index >= 15 is 9.59 Å². The van der Waals surface area contributed by atoms with Crippen molar-refractivity contribution in [2.24, 2.45) is 5.92 Å². The van der Waals surface area contributed by atoms with E-state index in [9.17, 15) is 4.79 Å². The van der Waals surface area contributed by atoms with Gasteiger partial charge in [-0.25, -0.2) is 4.79 Å². The van der Waals surface area contributed by atoms with Crippen molar-refractivity contribution in [1.82, 2.24) is 0 Å². The summed E-state index contributed by atoms with van der Waals surface area (Å²) in [4.78, 5) is 47.1. The smallest absolute Gasteiger partial charge is 0.330 e. The van der Waals surface area contributed by atoms with E-state index in [2.05, 4.69) is 5.32 Å². The molecule has 1 N–H and O–H groups in total. The number of carbonyl (C=O) groups is 3. The van der Waals surface area contributed by atoms with E-state index in [4.69, 9.17) is 14.2 Å². The van der Waals surface area contributed by atoms with Crippen LogP contribution in [0.25, 0.3) is 6.08 Å². The first-order valence-electron chi connectivity index (χ1n) is 16.5. The number of amides is 1. The Kier molecular flexibility index (Phi) is 7.71. The summed E-state index contributed by atoms with van der Waals surface area (Å²) in [6.07, 6.45) is 3.14. The van der Waals surface area contributed by atoms with Gasteiger partial charge in [-0.2, -0.15) is 0 Å². The van der Waals surface area contributed by atoms with Crippen LogP contribution >= 0.6 is 0 Å². The normalized spacial score (nSPS) is 21.3. The van der Waals surface area contributed by atoms with Gasteiger partial charge in [0.15, 0.2) is 23.4 Å². The molecule has 8 rings (SSSR count). The maximum absolute atomic E-state index is 15.3. The molecule has 5 aromatic rings. The largest absolute Gasteiger partial charge is 0.493 e. The lowest BCUT2D eigenvalue weighted by atomic mass is 9.64. The lowest BCUT2D eigenvalue weighted by Crippen LogP contribution is -2.51. The van der Waals surface area contributed by atoms with Gasteiger partial charge in [0.05, 0.1) is 26.2 Å². The van der Waals surface area contributed by atoms with Crippen LogP contribution in [-0.4, -0.2) is 44.0 Å². The zero-order chi connectivity index (χ0) is 34.4. The Morgan fingerprint density at radius 1 is 0.760 bits per heavy atom. The van der Waals surface area contributed by atoms with Crippen molar-refractivity contribution < 1.29 is 28.6 Å². The first-order chi connectivity index (χ1) is 24.5. The quantitative estimate of drug-likeness (QED) is 0.141. The number of ether oxygens (including phenoxy) is 3. The molecule has 1 fully saturated rings. The van der Waals surface area contributed by atoms with E-state index in [1.807, 2.05) is 126 Å². The second-order valence-corrected chi connectivity index (χ2v) is 12.6. The number of methoxy groups -OCH3 is 2. The number of anilines is 2. The van der Waals surface area contributed by atoms with E-state index in [0.717, 1.165) is 22.4 Å². The van der Waals surface area contributed by atoms with Gasteiger partial charge in [0.1, 0.15) is 11.5 Å². The fourth-order valence-electron chi connectivity index (χ4n) is 8.03. The van der Waals surface area contributed by atoms with Gasteiger partial charge >= 0.3 is 5.97 Å². The van der Waals surface area contributed by atoms with E-state index in [1.165, 1.54) is 14.2 Å². The number of ketones is 1. The van der Waals surface area contributed by atoms with Crippen LogP contribution in [0.4, 0.5) is 11.4 Å². The number of esters is 1. The van der Waals surface area contributed by atoms with Crippen LogP contribution in [0, 0.1) is 5.92 Å². The molecule has 8 heteroatoms. The van der Waals surface area contributed by atoms with Crippen molar-refractivity contribution in [3.63, 3.8) is 0 Å². The van der Waals surface area contributed by atoms with Gasteiger partial charge in [0.2, 0.25) is 5.91 Å². The van der Waals surface area contributed by atoms with Crippen molar-refractivity contribution in [2.45, 2.75) is 23.6 Å². The Labute approximate surface area is 289 Å². The standard InChI is InChI=1S/C42H34N2O6/c1-48-33-23-21-29(25-34(33)49-2)38(45)36-37(40(46)50-39(27-14-5-3-6-15-27)28-16-7-4-8-17-28)44-32-20-12-9-13-26(32)22-24-35(44)42(36)30-18-10-11-19-31(30)43-41(42)47/h3-25,35-37,39H,1-2H3,(H,43,47)/t35-,36-,37-,42+/m1/s1. The maximum atomic E-state index is 15.3. The molecule has 0 aliphatic carbocycles. The van der Waals surface area contributed by atoms with E-state index < -0.39 is 41.3 Å². The summed E-state index contributed by atoms with van der Waals surface area (Å²) in [6.45, 7) is 0. The summed E-state index contributed by atoms with van der Waals surface area (Å²) < 4.78 is 17.6. The Bertz CT molecular complexity index is 2110. The average Bonchev–Trinajstić information content (AvgIpc) is 3.65. The molecule has 0 radical (unpaired) electrons. The number of para-hydroxylation sites is 2. The molecule has 3 heterocycles. The van der Waals surface area contributed by atoms with Gasteiger partial charge < -0.3 is 24.4 Å². The number of rotatable bonds is 8. The van der Waals surface area contributed by atoms with Crippen LogP contribution < -0.4 is 19.7 Å². The highest BCUT2D eigenvalue weighted by Crippen LogP contribution is 2.58. The number of carbonyl (C=O) groups excluding carboxylic acids is 3. The van der Waals surface area contributed by atoms with Gasteiger partial charge in [0.25, 0.3) is 0 Å². The molecule has 1 spiro atoms. The molecular formula is C42H34N2O6. The molecule has 0 unspecified atom stereocenters. The minimum absolute atomic E-state index is 0.279. The zero-order valence-corrected chi connectivity index (χ0v) is 27.5. The lowest BCUT2D eigenvalue weighted by Gasteiger charge is -2.37. The van der Waals surface area contributed by atoms with Crippen LogP contribution in [0.2, 0.25) is 0 Å². The monoisotopic (exact) mass is 662 g/mol.